The Hall–Kier alpha value is -13.2. The molecule has 3 aromatic carbocycles. The van der Waals surface area contributed by atoms with E-state index in [-0.39, 0.29) is 205 Å². The zero-order valence-electron chi connectivity index (χ0n) is 78.3. The van der Waals surface area contributed by atoms with Crippen molar-refractivity contribution in [3.8, 4) is 75.3 Å². The molecule has 41 heteroatoms. The molecule has 12 heterocycles. The summed E-state index contributed by atoms with van der Waals surface area (Å²) in [7, 11) is 0. The summed E-state index contributed by atoms with van der Waals surface area (Å²) in [5.74, 6) is -15.6. The molecule has 12 aromatic rings. The number of rotatable bonds is 15. The van der Waals surface area contributed by atoms with Crippen LogP contribution in [0.4, 0.5) is 68.0 Å². The second-order valence-electron chi connectivity index (χ2n) is 35.3. The second-order valence-corrected chi connectivity index (χ2v) is 38.0. The van der Waals surface area contributed by atoms with Gasteiger partial charge >= 0.3 is 0 Å². The summed E-state index contributed by atoms with van der Waals surface area (Å²) in [5, 5.41) is 18.3. The number of amides is 3. The number of piperazine rings is 3. The molecule has 732 valence electrons. The van der Waals surface area contributed by atoms with Gasteiger partial charge in [-0.25, -0.2) is 54.5 Å². The van der Waals surface area contributed by atoms with Crippen molar-refractivity contribution in [2.24, 2.45) is 0 Å². The number of anilines is 5. The Bertz CT molecular complexity index is 6860. The summed E-state index contributed by atoms with van der Waals surface area (Å²) in [4.78, 5) is 119. The molecule has 0 saturated carbocycles. The molecule has 3 aliphatic rings. The number of nitrogens with zero attached hydrogens (tertiary/aromatic N) is 17. The molecular formula is C100H89Cl7F9N19O6. The Morgan fingerprint density at radius 2 is 0.645 bits per heavy atom. The number of halogens is 16. The van der Waals surface area contributed by atoms with Gasteiger partial charge in [0.25, 0.3) is 16.7 Å². The lowest BCUT2D eigenvalue weighted by molar-refractivity contribution is -0.131. The van der Waals surface area contributed by atoms with E-state index in [9.17, 15) is 70.0 Å². The van der Waals surface area contributed by atoms with Gasteiger partial charge in [0.05, 0.1) is 110 Å². The lowest BCUT2D eigenvalue weighted by Gasteiger charge is -2.45. The van der Waals surface area contributed by atoms with Gasteiger partial charge in [0.1, 0.15) is 55.8 Å². The molecule has 0 spiro atoms. The Labute approximate surface area is 838 Å². The SMILES string of the molecule is C#Cc1c(N2C[C@@H](C)N(C(=O)C=C)[C@@H](C)C2)c2cc(Cl)c(-c3c(F)c(F)c(F)c(F)c3F)nc2n(-c2c(C)ccnc2C(C)C)c1=O.C=CC(=O)N1[C@H](C)CN(c2c(C#N)c(=O)n(-c3c(C)ccnc3C(C)C)c3nc(-c4c(N)c(Cl)c(F)c(F)c4Cl)c(Cl)cc23)C[C@@H]1C.C=CC(=O)N1[C@H](C)CN(c2c(C#N)c(=O)n(-c3c(C)ccnc3C(C)C)c3nc(-c4c(N)c(Cl)c(F)c(F)c4Cl)c(Cl)cc23)C[C@@H]1C. The lowest BCUT2D eigenvalue weighted by atomic mass is 10.0. The van der Waals surface area contributed by atoms with E-state index < -0.39 is 117 Å². The molecule has 3 fully saturated rings. The average molecular weight is 2070 g/mol. The largest absolute Gasteiger partial charge is 0.397 e. The van der Waals surface area contributed by atoms with E-state index in [1.54, 1.807) is 77.2 Å². The number of fused-ring (bicyclic) bond motifs is 3. The van der Waals surface area contributed by atoms with Crippen molar-refractivity contribution in [1.82, 2.24) is 58.3 Å². The molecule has 0 radical (unpaired) electrons. The second kappa shape index (κ2) is 41.1. The van der Waals surface area contributed by atoms with Crippen LogP contribution in [0.3, 0.4) is 0 Å². The van der Waals surface area contributed by atoms with Gasteiger partial charge in [-0.15, -0.1) is 6.42 Å². The van der Waals surface area contributed by atoms with Crippen molar-refractivity contribution in [3.63, 3.8) is 0 Å². The third-order valence-electron chi connectivity index (χ3n) is 24.9. The summed E-state index contributed by atoms with van der Waals surface area (Å²) < 4.78 is 135. The minimum atomic E-state index is -2.34. The van der Waals surface area contributed by atoms with Crippen LogP contribution in [0.1, 0.15) is 151 Å². The molecule has 6 atom stereocenters. The normalized spacial score (nSPS) is 16.6. The first kappa shape index (κ1) is 105. The van der Waals surface area contributed by atoms with Crippen LogP contribution >= 0.6 is 81.2 Å². The number of benzene rings is 3. The number of nitrogen functional groups attached to an aromatic ring is 2. The number of carbonyl (C=O) groups excluding carboxylic acids is 3. The highest BCUT2D eigenvalue weighted by atomic mass is 35.5. The van der Waals surface area contributed by atoms with Gasteiger partial charge in [0.15, 0.2) is 46.5 Å². The van der Waals surface area contributed by atoms with Gasteiger partial charge in [-0.05, 0) is 151 Å². The number of aromatic nitrogens is 9. The molecule has 4 N–H and O–H groups in total. The van der Waals surface area contributed by atoms with Gasteiger partial charge in [0.2, 0.25) is 23.5 Å². The number of nitrogens with two attached hydrogens (primary N) is 2. The van der Waals surface area contributed by atoms with Crippen LogP contribution in [0.2, 0.25) is 35.2 Å². The Kier molecular flexibility index (Phi) is 30.7. The van der Waals surface area contributed by atoms with Crippen molar-refractivity contribution in [2.45, 2.75) is 158 Å². The van der Waals surface area contributed by atoms with Crippen LogP contribution < -0.4 is 42.8 Å². The first-order valence-electron chi connectivity index (χ1n) is 43.8. The fourth-order valence-corrected chi connectivity index (χ4v) is 20.5. The van der Waals surface area contributed by atoms with Crippen LogP contribution in [0.15, 0.2) is 107 Å². The fourth-order valence-electron chi connectivity index (χ4n) is 18.8. The maximum atomic E-state index is 15.1. The first-order chi connectivity index (χ1) is 66.5. The molecule has 0 bridgehead atoms. The van der Waals surface area contributed by atoms with Crippen molar-refractivity contribution in [1.29, 1.82) is 10.5 Å². The highest BCUT2D eigenvalue weighted by Crippen LogP contribution is 2.50. The standard InChI is InChI=1S/C34H29ClF5N5O2.2C33H30Cl3F2N7O2/c1-8-19-32(43-13-17(6)44(18(7)14-43)22(46)9-2)20-12-21(35)30(23-24(36)26(38)28(40)27(39)25(23)37)42-33(20)45(34(19)47)31-16(5)10-11-41-29(31)15(3)4;2*1-7-21(46)44-16(5)12-43(13-17(44)6)31-18-10-20(34)29(22-23(35)25(37)26(38)24(36)27(22)40)42-32(18)45(33(47)19(31)11-39)30-15(4)8-9-41-28(30)14(2)3/h1,9-12,15,17-18H,2,13-14H2,3-7H3;2*7-10,14,16-17H,1,12-13,40H2,2-6H3/t17-,18+;2*16-,17+. The minimum Gasteiger partial charge on any atom is -0.397 e. The topological polar surface area (TPSA) is 314 Å². The van der Waals surface area contributed by atoms with Gasteiger partial charge in [-0.1, -0.05) is 148 Å². The summed E-state index contributed by atoms with van der Waals surface area (Å²) in [6, 6.07) is 11.4. The first-order valence-corrected chi connectivity index (χ1v) is 46.5. The van der Waals surface area contributed by atoms with Crippen LogP contribution in [-0.4, -0.2) is 152 Å². The predicted molar refractivity (Wildman–Crippen MR) is 534 cm³/mol. The Morgan fingerprint density at radius 3 is 0.894 bits per heavy atom. The summed E-state index contributed by atoms with van der Waals surface area (Å²) >= 11 is 44.8. The summed E-state index contributed by atoms with van der Waals surface area (Å²) in [6.45, 7) is 39.9. The number of carbonyl (C=O) groups is 3. The van der Waals surface area contributed by atoms with E-state index in [0.717, 1.165) is 4.57 Å². The lowest BCUT2D eigenvalue weighted by Crippen LogP contribution is -2.58. The molecule has 0 aliphatic carbocycles. The molecular weight excluding hydrogens is 1980 g/mol. The molecule has 15 rings (SSSR count). The van der Waals surface area contributed by atoms with E-state index in [4.69, 9.17) is 109 Å². The smallest absolute Gasteiger partial charge is 0.276 e. The molecule has 3 amide bonds. The molecule has 3 aliphatic heterocycles. The molecule has 0 unspecified atom stereocenters. The van der Waals surface area contributed by atoms with E-state index in [0.29, 0.717) is 55.9 Å². The van der Waals surface area contributed by atoms with Crippen LogP contribution in [0.25, 0.3) is 83.9 Å². The fraction of sp³-hybridized carbons (Fsp3) is 0.300. The summed E-state index contributed by atoms with van der Waals surface area (Å²) in [5.41, 5.74) is 11.0. The third kappa shape index (κ3) is 18.3. The molecule has 9 aromatic heterocycles. The zero-order chi connectivity index (χ0) is 104. The Morgan fingerprint density at radius 1 is 0.404 bits per heavy atom. The maximum absolute atomic E-state index is 15.1. The Balaban J connectivity index is 0.000000178. The summed E-state index contributed by atoms with van der Waals surface area (Å²) in [6.07, 6.45) is 14.5. The molecule has 3 saturated heterocycles. The van der Waals surface area contributed by atoms with Gasteiger partial charge in [0, 0.05) is 121 Å². The minimum absolute atomic E-state index is 0.0302. The van der Waals surface area contributed by atoms with E-state index >= 15 is 8.78 Å². The third-order valence-corrected chi connectivity index (χ3v) is 27.2. The van der Waals surface area contributed by atoms with Crippen molar-refractivity contribution in [3.05, 3.63) is 262 Å². The average Bonchev–Trinajstić information content (AvgIpc) is 0.725. The number of hydrogen-bond donors (Lipinski definition) is 2. The van der Waals surface area contributed by atoms with Crippen molar-refractivity contribution in [2.75, 3.05) is 65.4 Å². The predicted octanol–water partition coefficient (Wildman–Crippen LogP) is 21.2. The number of hydrogen-bond acceptors (Lipinski definition) is 19. The monoisotopic (exact) mass is 2070 g/mol. The van der Waals surface area contributed by atoms with Crippen molar-refractivity contribution >= 4 is 160 Å². The number of terminal acetylenes is 1. The highest BCUT2D eigenvalue weighted by molar-refractivity contribution is 6.41. The zero-order valence-corrected chi connectivity index (χ0v) is 83.6. The van der Waals surface area contributed by atoms with Crippen molar-refractivity contribution < 1.29 is 53.9 Å². The number of pyridine rings is 9. The number of aryl methyl sites for hydroxylation is 3. The molecule has 141 heavy (non-hydrogen) atoms. The van der Waals surface area contributed by atoms with Gasteiger partial charge in [-0.3, -0.25) is 57.4 Å². The highest BCUT2D eigenvalue weighted by Gasteiger charge is 2.42. The van der Waals surface area contributed by atoms with Crippen LogP contribution in [-0.2, 0) is 14.4 Å². The van der Waals surface area contributed by atoms with Gasteiger partial charge in [-0.2, -0.15) is 10.5 Å². The molecule has 25 nitrogen and oxygen atoms in total. The quantitative estimate of drug-likeness (QED) is 0.0240. The van der Waals surface area contributed by atoms with Gasteiger partial charge < -0.3 is 40.9 Å². The van der Waals surface area contributed by atoms with Crippen LogP contribution in [0.5, 0.6) is 0 Å². The van der Waals surface area contributed by atoms with E-state index in [1.165, 1.54) is 45.6 Å². The maximum Gasteiger partial charge on any atom is 0.276 e. The van der Waals surface area contributed by atoms with Crippen LogP contribution in [0, 0.1) is 108 Å². The van der Waals surface area contributed by atoms with E-state index in [2.05, 4.69) is 57.7 Å². The van der Waals surface area contributed by atoms with E-state index in [1.807, 2.05) is 92.9 Å². The number of nitriles is 2.